The fourth-order valence-electron chi connectivity index (χ4n) is 1.40. The van der Waals surface area contributed by atoms with Crippen LogP contribution in [0.15, 0.2) is 12.1 Å². The van der Waals surface area contributed by atoms with Gasteiger partial charge in [-0.2, -0.15) is 0 Å². The van der Waals surface area contributed by atoms with Crippen LogP contribution < -0.4 is 5.32 Å². The number of hydrogen-bond acceptors (Lipinski definition) is 2. The fraction of sp³-hybridized carbons (Fsp3) is 0.583. The molecule has 90 valence electrons. The van der Waals surface area contributed by atoms with Crippen LogP contribution >= 0.6 is 22.9 Å². The molecule has 0 aliphatic carbocycles. The number of hydrogen-bond donors (Lipinski definition) is 1. The lowest BCUT2D eigenvalue weighted by Crippen LogP contribution is -2.29. The maximum absolute atomic E-state index is 11.7. The van der Waals surface area contributed by atoms with Crippen LogP contribution in [-0.4, -0.2) is 17.8 Å². The van der Waals surface area contributed by atoms with Crippen molar-refractivity contribution in [3.63, 3.8) is 0 Å². The Morgan fingerprint density at radius 1 is 1.50 bits per heavy atom. The molecule has 0 saturated heterocycles. The minimum Gasteiger partial charge on any atom is -0.350 e. The van der Waals surface area contributed by atoms with E-state index in [-0.39, 0.29) is 11.3 Å². The molecule has 0 radical (unpaired) electrons. The van der Waals surface area contributed by atoms with E-state index in [2.05, 4.69) is 19.2 Å². The lowest BCUT2D eigenvalue weighted by molar-refractivity contribution is 0.0957. The van der Waals surface area contributed by atoms with E-state index < -0.39 is 0 Å². The Bertz CT molecular complexity index is 338. The van der Waals surface area contributed by atoms with Crippen molar-refractivity contribution in [2.45, 2.75) is 38.5 Å². The van der Waals surface area contributed by atoms with Crippen LogP contribution in [-0.2, 0) is 6.42 Å². The number of rotatable bonds is 6. The summed E-state index contributed by atoms with van der Waals surface area (Å²) in [5, 5.41) is 2.90. The van der Waals surface area contributed by atoms with Gasteiger partial charge in [-0.15, -0.1) is 22.9 Å². The topological polar surface area (TPSA) is 29.1 Å². The predicted molar refractivity (Wildman–Crippen MR) is 70.6 cm³/mol. The molecule has 1 amide bonds. The molecule has 0 bridgehead atoms. The standard InChI is InChI=1S/C12H18ClNOS/c1-3-5-9(13)8-14-12(15)11-7-6-10(4-2)16-11/h6-7,9H,3-5,8H2,1-2H3,(H,14,15). The number of thiophene rings is 1. The molecule has 1 heterocycles. The van der Waals surface area contributed by atoms with Crippen molar-refractivity contribution >= 4 is 28.8 Å². The smallest absolute Gasteiger partial charge is 0.261 e. The maximum atomic E-state index is 11.7. The SMILES string of the molecule is CCCC(Cl)CNC(=O)c1ccc(CC)s1. The van der Waals surface area contributed by atoms with Gasteiger partial charge in [0.15, 0.2) is 0 Å². The first-order valence-corrected chi connectivity index (χ1v) is 6.93. The van der Waals surface area contributed by atoms with Crippen LogP contribution in [0.25, 0.3) is 0 Å². The number of carbonyl (C=O) groups is 1. The van der Waals surface area contributed by atoms with Gasteiger partial charge in [-0.05, 0) is 25.0 Å². The molecule has 1 aromatic heterocycles. The Morgan fingerprint density at radius 2 is 2.25 bits per heavy atom. The minimum atomic E-state index is -0.00791. The zero-order chi connectivity index (χ0) is 12.0. The Labute approximate surface area is 106 Å². The van der Waals surface area contributed by atoms with Gasteiger partial charge in [0.2, 0.25) is 0 Å². The highest BCUT2D eigenvalue weighted by molar-refractivity contribution is 7.14. The highest BCUT2D eigenvalue weighted by atomic mass is 35.5. The van der Waals surface area contributed by atoms with Gasteiger partial charge in [0.25, 0.3) is 5.91 Å². The third-order valence-corrected chi connectivity index (χ3v) is 3.92. The zero-order valence-corrected chi connectivity index (χ0v) is 11.3. The van der Waals surface area contributed by atoms with E-state index >= 15 is 0 Å². The molecule has 1 aromatic rings. The Kier molecular flexibility index (Phi) is 5.85. The summed E-state index contributed by atoms with van der Waals surface area (Å²) in [5.41, 5.74) is 0. The molecule has 0 aliphatic heterocycles. The monoisotopic (exact) mass is 259 g/mol. The van der Waals surface area contributed by atoms with E-state index in [1.807, 2.05) is 12.1 Å². The summed E-state index contributed by atoms with van der Waals surface area (Å²) in [6, 6.07) is 3.88. The number of alkyl halides is 1. The van der Waals surface area contributed by atoms with Crippen LogP contribution in [0.1, 0.15) is 41.2 Å². The molecule has 1 rings (SSSR count). The molecule has 0 spiro atoms. The predicted octanol–water partition coefficient (Wildman–Crippen LogP) is 3.45. The Morgan fingerprint density at radius 3 is 2.81 bits per heavy atom. The summed E-state index contributed by atoms with van der Waals surface area (Å²) in [6.07, 6.45) is 2.96. The van der Waals surface area contributed by atoms with Crippen LogP contribution in [0.2, 0.25) is 0 Å². The second-order valence-electron chi connectivity index (χ2n) is 3.72. The van der Waals surface area contributed by atoms with E-state index in [9.17, 15) is 4.79 Å². The van der Waals surface area contributed by atoms with Crippen LogP contribution in [0.3, 0.4) is 0 Å². The summed E-state index contributed by atoms with van der Waals surface area (Å²) in [6.45, 7) is 4.72. The van der Waals surface area contributed by atoms with Crippen molar-refractivity contribution in [2.24, 2.45) is 0 Å². The van der Waals surface area contributed by atoms with Gasteiger partial charge in [0.1, 0.15) is 0 Å². The number of aryl methyl sites for hydroxylation is 1. The van der Waals surface area contributed by atoms with Gasteiger partial charge >= 0.3 is 0 Å². The van der Waals surface area contributed by atoms with E-state index in [4.69, 9.17) is 11.6 Å². The van der Waals surface area contributed by atoms with Crippen molar-refractivity contribution in [3.05, 3.63) is 21.9 Å². The molecule has 0 saturated carbocycles. The lowest BCUT2D eigenvalue weighted by Gasteiger charge is -2.08. The first-order chi connectivity index (χ1) is 7.67. The van der Waals surface area contributed by atoms with Gasteiger partial charge in [-0.25, -0.2) is 0 Å². The Hall–Kier alpha value is -0.540. The van der Waals surface area contributed by atoms with Crippen molar-refractivity contribution in [3.8, 4) is 0 Å². The number of nitrogens with one attached hydrogen (secondary N) is 1. The first-order valence-electron chi connectivity index (χ1n) is 5.68. The minimum absolute atomic E-state index is 0.00791. The van der Waals surface area contributed by atoms with E-state index in [0.29, 0.717) is 6.54 Å². The third kappa shape index (κ3) is 4.14. The van der Waals surface area contributed by atoms with Crippen molar-refractivity contribution in [2.75, 3.05) is 6.54 Å². The molecule has 2 nitrogen and oxygen atoms in total. The highest BCUT2D eigenvalue weighted by Gasteiger charge is 2.10. The van der Waals surface area contributed by atoms with Crippen LogP contribution in [0.5, 0.6) is 0 Å². The summed E-state index contributed by atoms with van der Waals surface area (Å²) >= 11 is 7.58. The van der Waals surface area contributed by atoms with E-state index in [1.54, 1.807) is 11.3 Å². The maximum Gasteiger partial charge on any atom is 0.261 e. The molecular formula is C12H18ClNOS. The molecule has 0 aliphatic rings. The molecule has 4 heteroatoms. The van der Waals surface area contributed by atoms with Crippen molar-refractivity contribution < 1.29 is 4.79 Å². The zero-order valence-electron chi connectivity index (χ0n) is 9.75. The second kappa shape index (κ2) is 6.92. The van der Waals surface area contributed by atoms with Crippen molar-refractivity contribution in [1.29, 1.82) is 0 Å². The second-order valence-corrected chi connectivity index (χ2v) is 5.50. The highest BCUT2D eigenvalue weighted by Crippen LogP contribution is 2.16. The lowest BCUT2D eigenvalue weighted by atomic mass is 10.2. The van der Waals surface area contributed by atoms with E-state index in [1.165, 1.54) is 4.88 Å². The van der Waals surface area contributed by atoms with Gasteiger partial charge in [-0.3, -0.25) is 4.79 Å². The molecule has 0 fully saturated rings. The summed E-state index contributed by atoms with van der Waals surface area (Å²) in [5.74, 6) is -0.00791. The quantitative estimate of drug-likeness (QED) is 0.779. The molecule has 1 N–H and O–H groups in total. The van der Waals surface area contributed by atoms with Crippen molar-refractivity contribution in [1.82, 2.24) is 5.32 Å². The van der Waals surface area contributed by atoms with Gasteiger partial charge in [-0.1, -0.05) is 20.3 Å². The van der Waals surface area contributed by atoms with E-state index in [0.717, 1.165) is 24.1 Å². The number of carbonyl (C=O) groups excluding carboxylic acids is 1. The molecule has 16 heavy (non-hydrogen) atoms. The third-order valence-electron chi connectivity index (χ3n) is 2.32. The number of amides is 1. The average Bonchev–Trinajstić information content (AvgIpc) is 2.75. The first kappa shape index (κ1) is 13.5. The average molecular weight is 260 g/mol. The fourth-order valence-corrected chi connectivity index (χ4v) is 2.56. The van der Waals surface area contributed by atoms with Gasteiger partial charge in [0, 0.05) is 11.4 Å². The van der Waals surface area contributed by atoms with Gasteiger partial charge in [0.05, 0.1) is 10.3 Å². The van der Waals surface area contributed by atoms with Crippen LogP contribution in [0, 0.1) is 0 Å². The number of halogens is 1. The molecule has 1 atom stereocenters. The van der Waals surface area contributed by atoms with Gasteiger partial charge < -0.3 is 5.32 Å². The summed E-state index contributed by atoms with van der Waals surface area (Å²) < 4.78 is 0. The molecule has 0 aromatic carbocycles. The summed E-state index contributed by atoms with van der Waals surface area (Å²) in [7, 11) is 0. The summed E-state index contributed by atoms with van der Waals surface area (Å²) in [4.78, 5) is 13.7. The normalized spacial score (nSPS) is 12.4. The molecular weight excluding hydrogens is 242 g/mol. The largest absolute Gasteiger partial charge is 0.350 e. The Balaban J connectivity index is 2.40. The van der Waals surface area contributed by atoms with Crippen LogP contribution in [0.4, 0.5) is 0 Å². The molecule has 1 unspecified atom stereocenters.